The Bertz CT molecular complexity index is 600. The predicted molar refractivity (Wildman–Crippen MR) is 67.2 cm³/mol. The average molecular weight is 265 g/mol. The second-order valence-electron chi connectivity index (χ2n) is 3.71. The van der Waals surface area contributed by atoms with Gasteiger partial charge in [-0.3, -0.25) is 4.79 Å². The zero-order valence-corrected chi connectivity index (χ0v) is 10.6. The molecule has 18 heavy (non-hydrogen) atoms. The van der Waals surface area contributed by atoms with Crippen molar-refractivity contribution in [2.45, 2.75) is 29.8 Å². The maximum Gasteiger partial charge on any atom is 0.251 e. The molecule has 0 saturated carbocycles. The van der Waals surface area contributed by atoms with Crippen molar-refractivity contribution in [3.63, 3.8) is 0 Å². The molecule has 4 nitrogen and oxygen atoms in total. The number of nitrogens with one attached hydrogen (secondary N) is 1. The van der Waals surface area contributed by atoms with Gasteiger partial charge in [0.15, 0.2) is 5.16 Å². The highest BCUT2D eigenvalue weighted by molar-refractivity contribution is 7.99. The molecule has 0 spiro atoms. The van der Waals surface area contributed by atoms with Gasteiger partial charge in [0.2, 0.25) is 5.95 Å². The third-order valence-electron chi connectivity index (χ3n) is 2.19. The average Bonchev–Trinajstić information content (AvgIpc) is 2.28. The summed E-state index contributed by atoms with van der Waals surface area (Å²) in [5.74, 6) is -0.549. The molecule has 0 amide bonds. The van der Waals surface area contributed by atoms with E-state index in [0.29, 0.717) is 10.1 Å². The minimum atomic E-state index is -0.549. The molecule has 0 atom stereocenters. The minimum absolute atomic E-state index is 0.189. The number of rotatable bonds is 4. The van der Waals surface area contributed by atoms with Gasteiger partial charge in [0.05, 0.1) is 0 Å². The molecule has 2 aromatic heterocycles. The van der Waals surface area contributed by atoms with E-state index in [9.17, 15) is 9.18 Å². The van der Waals surface area contributed by atoms with Gasteiger partial charge in [0.1, 0.15) is 0 Å². The molecule has 0 radical (unpaired) electrons. The van der Waals surface area contributed by atoms with Crippen LogP contribution >= 0.6 is 11.8 Å². The zero-order chi connectivity index (χ0) is 13.0. The van der Waals surface area contributed by atoms with Crippen molar-refractivity contribution >= 4 is 11.8 Å². The summed E-state index contributed by atoms with van der Waals surface area (Å²) in [4.78, 5) is 22.5. The molecule has 2 aromatic rings. The number of pyridine rings is 1. The first-order chi connectivity index (χ1) is 8.67. The number of aromatic nitrogens is 3. The second kappa shape index (κ2) is 5.77. The van der Waals surface area contributed by atoms with Crippen LogP contribution in [0.15, 0.2) is 39.2 Å². The molecule has 6 heteroatoms. The third kappa shape index (κ3) is 3.40. The fraction of sp³-hybridized carbons (Fsp3) is 0.250. The number of H-pyrrole nitrogens is 1. The van der Waals surface area contributed by atoms with Crippen LogP contribution in [-0.2, 0) is 6.42 Å². The van der Waals surface area contributed by atoms with Crippen molar-refractivity contribution in [2.75, 3.05) is 0 Å². The van der Waals surface area contributed by atoms with Gasteiger partial charge in [-0.25, -0.2) is 9.97 Å². The molecule has 0 aliphatic rings. The highest BCUT2D eigenvalue weighted by Crippen LogP contribution is 2.23. The monoisotopic (exact) mass is 265 g/mol. The minimum Gasteiger partial charge on any atom is -0.301 e. The van der Waals surface area contributed by atoms with Crippen molar-refractivity contribution in [3.8, 4) is 0 Å². The van der Waals surface area contributed by atoms with Gasteiger partial charge in [-0.2, -0.15) is 4.39 Å². The predicted octanol–water partition coefficient (Wildman–Crippen LogP) is 2.41. The largest absolute Gasteiger partial charge is 0.301 e. The molecule has 0 aliphatic carbocycles. The second-order valence-corrected chi connectivity index (χ2v) is 4.77. The van der Waals surface area contributed by atoms with Crippen LogP contribution in [-0.4, -0.2) is 15.0 Å². The quantitative estimate of drug-likeness (QED) is 0.681. The number of nitrogens with zero attached hydrogens (tertiary/aromatic N) is 2. The van der Waals surface area contributed by atoms with Crippen LogP contribution in [0.25, 0.3) is 0 Å². The van der Waals surface area contributed by atoms with E-state index < -0.39 is 5.95 Å². The summed E-state index contributed by atoms with van der Waals surface area (Å²) in [6, 6.07) is 4.46. The molecule has 0 saturated heterocycles. The Balaban J connectivity index is 2.26. The van der Waals surface area contributed by atoms with Gasteiger partial charge in [-0.15, -0.1) is 0 Å². The van der Waals surface area contributed by atoms with E-state index >= 15 is 0 Å². The first-order valence-electron chi connectivity index (χ1n) is 5.57. The highest BCUT2D eigenvalue weighted by atomic mass is 32.2. The molecule has 0 aliphatic heterocycles. The third-order valence-corrected chi connectivity index (χ3v) is 3.07. The van der Waals surface area contributed by atoms with Crippen molar-refractivity contribution in [1.29, 1.82) is 0 Å². The summed E-state index contributed by atoms with van der Waals surface area (Å²) in [5.41, 5.74) is 0.559. The molecule has 2 heterocycles. The van der Waals surface area contributed by atoms with Crippen LogP contribution < -0.4 is 5.56 Å². The summed E-state index contributed by atoms with van der Waals surface area (Å²) in [6.07, 6.45) is 3.05. The molecular weight excluding hydrogens is 253 g/mol. The van der Waals surface area contributed by atoms with Crippen LogP contribution in [0.5, 0.6) is 0 Å². The van der Waals surface area contributed by atoms with Gasteiger partial charge in [-0.1, -0.05) is 25.1 Å². The van der Waals surface area contributed by atoms with Crippen LogP contribution in [0, 0.1) is 5.95 Å². The van der Waals surface area contributed by atoms with E-state index in [1.807, 2.05) is 6.92 Å². The Morgan fingerprint density at radius 3 is 3.00 bits per heavy atom. The lowest BCUT2D eigenvalue weighted by molar-refractivity contribution is 0.579. The van der Waals surface area contributed by atoms with Gasteiger partial charge in [-0.05, 0) is 12.5 Å². The normalized spacial score (nSPS) is 10.6. The van der Waals surface area contributed by atoms with E-state index in [0.717, 1.165) is 18.5 Å². The summed E-state index contributed by atoms with van der Waals surface area (Å²) in [5, 5.41) is 0.469. The van der Waals surface area contributed by atoms with Crippen molar-refractivity contribution in [3.05, 3.63) is 46.4 Å². The van der Waals surface area contributed by atoms with Crippen LogP contribution in [0.4, 0.5) is 4.39 Å². The Hall–Kier alpha value is -1.69. The smallest absolute Gasteiger partial charge is 0.251 e. The van der Waals surface area contributed by atoms with Crippen molar-refractivity contribution < 1.29 is 4.39 Å². The number of aryl methyl sites for hydroxylation is 1. The topological polar surface area (TPSA) is 58.6 Å². The van der Waals surface area contributed by atoms with Gasteiger partial charge in [0.25, 0.3) is 5.56 Å². The Morgan fingerprint density at radius 1 is 1.44 bits per heavy atom. The number of halogens is 1. The molecule has 1 N–H and O–H groups in total. The van der Waals surface area contributed by atoms with E-state index in [1.54, 1.807) is 6.07 Å². The first-order valence-corrected chi connectivity index (χ1v) is 6.38. The van der Waals surface area contributed by atoms with Crippen LogP contribution in [0.1, 0.15) is 19.0 Å². The summed E-state index contributed by atoms with van der Waals surface area (Å²) < 4.78 is 12.9. The van der Waals surface area contributed by atoms with E-state index in [-0.39, 0.29) is 5.56 Å². The SMILES string of the molecule is CCCc1cc(=O)[nH]c(Sc2ccnc(F)c2)n1. The molecular formula is C12H12FN3OS. The number of aromatic amines is 1. The van der Waals surface area contributed by atoms with Gasteiger partial charge >= 0.3 is 0 Å². The molecule has 2 rings (SSSR count). The van der Waals surface area contributed by atoms with Crippen LogP contribution in [0.3, 0.4) is 0 Å². The van der Waals surface area contributed by atoms with E-state index in [2.05, 4.69) is 15.0 Å². The number of hydrogen-bond donors (Lipinski definition) is 1. The maximum atomic E-state index is 12.9. The summed E-state index contributed by atoms with van der Waals surface area (Å²) >= 11 is 1.21. The van der Waals surface area contributed by atoms with Gasteiger partial charge < -0.3 is 4.98 Å². The fourth-order valence-electron chi connectivity index (χ4n) is 1.48. The number of hydrogen-bond acceptors (Lipinski definition) is 4. The lowest BCUT2D eigenvalue weighted by Gasteiger charge is -2.03. The lowest BCUT2D eigenvalue weighted by Crippen LogP contribution is -2.09. The lowest BCUT2D eigenvalue weighted by atomic mass is 10.2. The Morgan fingerprint density at radius 2 is 2.28 bits per heavy atom. The first kappa shape index (κ1) is 12.8. The Kier molecular flexibility index (Phi) is 4.09. The van der Waals surface area contributed by atoms with Crippen molar-refractivity contribution in [1.82, 2.24) is 15.0 Å². The van der Waals surface area contributed by atoms with E-state index in [1.165, 1.54) is 30.1 Å². The van der Waals surface area contributed by atoms with Crippen LogP contribution in [0.2, 0.25) is 0 Å². The summed E-state index contributed by atoms with van der Waals surface area (Å²) in [7, 11) is 0. The molecule has 0 unspecified atom stereocenters. The molecule has 0 aromatic carbocycles. The van der Waals surface area contributed by atoms with Crippen molar-refractivity contribution in [2.24, 2.45) is 0 Å². The molecule has 0 bridgehead atoms. The standard InChI is InChI=1S/C12H12FN3OS/c1-2-3-8-6-11(17)16-12(15-8)18-9-4-5-14-10(13)7-9/h4-7H,2-3H2,1H3,(H,15,16,17). The summed E-state index contributed by atoms with van der Waals surface area (Å²) in [6.45, 7) is 2.02. The highest BCUT2D eigenvalue weighted by Gasteiger charge is 2.04. The zero-order valence-electron chi connectivity index (χ0n) is 9.81. The maximum absolute atomic E-state index is 12.9. The van der Waals surface area contributed by atoms with E-state index in [4.69, 9.17) is 0 Å². The molecule has 94 valence electrons. The fourth-order valence-corrected chi connectivity index (χ4v) is 2.30. The Labute approximate surface area is 108 Å². The molecule has 0 fully saturated rings. The van der Waals surface area contributed by atoms with Gasteiger partial charge in [0, 0.05) is 28.9 Å².